The van der Waals surface area contributed by atoms with Crippen LogP contribution in [-0.2, 0) is 10.0 Å². The summed E-state index contributed by atoms with van der Waals surface area (Å²) >= 11 is 5.91. The fraction of sp³-hybridized carbons (Fsp3) is 0.500. The molecule has 94 valence electrons. The second-order valence-corrected chi connectivity index (χ2v) is 6.72. The van der Waals surface area contributed by atoms with Crippen molar-refractivity contribution in [2.75, 3.05) is 13.1 Å². The van der Waals surface area contributed by atoms with E-state index in [1.807, 2.05) is 6.92 Å². The minimum atomic E-state index is -3.33. The first-order valence-electron chi connectivity index (χ1n) is 5.78. The number of aryl methyl sites for hydroxylation is 1. The van der Waals surface area contributed by atoms with Crippen LogP contribution in [0.1, 0.15) is 24.8 Å². The van der Waals surface area contributed by atoms with Gasteiger partial charge in [0.05, 0.1) is 4.90 Å². The van der Waals surface area contributed by atoms with Gasteiger partial charge < -0.3 is 0 Å². The molecule has 3 nitrogen and oxygen atoms in total. The Kier molecular flexibility index (Phi) is 3.76. The summed E-state index contributed by atoms with van der Waals surface area (Å²) in [5.74, 6) is 0. The van der Waals surface area contributed by atoms with Gasteiger partial charge in [0.15, 0.2) is 0 Å². The summed E-state index contributed by atoms with van der Waals surface area (Å²) < 4.78 is 26.2. The van der Waals surface area contributed by atoms with E-state index >= 15 is 0 Å². The third-order valence-corrected chi connectivity index (χ3v) is 5.40. The van der Waals surface area contributed by atoms with Crippen molar-refractivity contribution in [1.82, 2.24) is 4.31 Å². The summed E-state index contributed by atoms with van der Waals surface area (Å²) in [6.07, 6.45) is 3.02. The summed E-state index contributed by atoms with van der Waals surface area (Å²) in [5, 5.41) is 0.600. The number of sulfonamides is 1. The van der Waals surface area contributed by atoms with Crippen molar-refractivity contribution in [3.63, 3.8) is 0 Å². The Bertz CT molecular complexity index is 507. The Hall–Kier alpha value is -0.580. The highest BCUT2D eigenvalue weighted by atomic mass is 35.5. The molecule has 17 heavy (non-hydrogen) atoms. The predicted molar refractivity (Wildman–Crippen MR) is 68.8 cm³/mol. The normalized spacial score (nSPS) is 18.2. The maximum atomic E-state index is 12.3. The van der Waals surface area contributed by atoms with E-state index in [-0.39, 0.29) is 0 Å². The van der Waals surface area contributed by atoms with Crippen LogP contribution in [-0.4, -0.2) is 25.8 Å². The van der Waals surface area contributed by atoms with Gasteiger partial charge in [0.25, 0.3) is 0 Å². The van der Waals surface area contributed by atoms with E-state index in [4.69, 9.17) is 11.6 Å². The number of hydrogen-bond acceptors (Lipinski definition) is 2. The van der Waals surface area contributed by atoms with Gasteiger partial charge in [-0.25, -0.2) is 8.42 Å². The molecule has 5 heteroatoms. The van der Waals surface area contributed by atoms with Gasteiger partial charge in [-0.2, -0.15) is 4.31 Å². The molecule has 1 aromatic carbocycles. The first kappa shape index (κ1) is 12.9. The summed E-state index contributed by atoms with van der Waals surface area (Å²) in [6.45, 7) is 3.07. The van der Waals surface area contributed by atoms with E-state index in [2.05, 4.69) is 0 Å². The third-order valence-electron chi connectivity index (χ3n) is 3.08. The first-order valence-corrected chi connectivity index (χ1v) is 7.60. The molecular weight excluding hydrogens is 258 g/mol. The monoisotopic (exact) mass is 273 g/mol. The fourth-order valence-electron chi connectivity index (χ4n) is 2.03. The van der Waals surface area contributed by atoms with Gasteiger partial charge in [-0.3, -0.25) is 0 Å². The minimum Gasteiger partial charge on any atom is -0.207 e. The smallest absolute Gasteiger partial charge is 0.207 e. The Morgan fingerprint density at radius 2 is 1.82 bits per heavy atom. The van der Waals surface area contributed by atoms with E-state index in [1.165, 1.54) is 0 Å². The van der Waals surface area contributed by atoms with Crippen molar-refractivity contribution in [2.24, 2.45) is 0 Å². The molecule has 1 heterocycles. The van der Waals surface area contributed by atoms with Crippen molar-refractivity contribution in [3.8, 4) is 0 Å². The molecule has 0 radical (unpaired) electrons. The van der Waals surface area contributed by atoms with E-state index in [0.717, 1.165) is 24.8 Å². The number of benzene rings is 1. The lowest BCUT2D eigenvalue weighted by Gasteiger charge is -2.26. The van der Waals surface area contributed by atoms with Gasteiger partial charge in [-0.15, -0.1) is 0 Å². The number of nitrogens with zero attached hydrogens (tertiary/aromatic N) is 1. The molecule has 1 aliphatic heterocycles. The molecule has 0 unspecified atom stereocenters. The first-order chi connectivity index (χ1) is 8.01. The van der Waals surface area contributed by atoms with Gasteiger partial charge in [-0.1, -0.05) is 18.0 Å². The van der Waals surface area contributed by atoms with Crippen LogP contribution in [0.25, 0.3) is 0 Å². The molecule has 0 spiro atoms. The van der Waals surface area contributed by atoms with E-state index in [1.54, 1.807) is 22.5 Å². The third kappa shape index (κ3) is 2.64. The van der Waals surface area contributed by atoms with E-state index in [0.29, 0.717) is 23.0 Å². The van der Waals surface area contributed by atoms with E-state index in [9.17, 15) is 8.42 Å². The molecule has 0 saturated carbocycles. The zero-order valence-electron chi connectivity index (χ0n) is 9.82. The van der Waals surface area contributed by atoms with Crippen molar-refractivity contribution in [3.05, 3.63) is 28.8 Å². The SMILES string of the molecule is Cc1cc(S(=O)(=O)N2CCCCC2)ccc1Cl. The fourth-order valence-corrected chi connectivity index (χ4v) is 3.75. The molecule has 2 rings (SSSR count). The zero-order chi connectivity index (χ0) is 12.5. The molecule has 0 aromatic heterocycles. The Balaban J connectivity index is 2.33. The summed E-state index contributed by atoms with van der Waals surface area (Å²) in [4.78, 5) is 0.348. The number of hydrogen-bond donors (Lipinski definition) is 0. The molecule has 1 aromatic rings. The molecule has 0 atom stereocenters. The molecule has 0 aliphatic carbocycles. The summed E-state index contributed by atoms with van der Waals surface area (Å²) in [6, 6.07) is 4.87. The molecule has 1 fully saturated rings. The standard InChI is InChI=1S/C12H16ClNO2S/c1-10-9-11(5-6-12(10)13)17(15,16)14-7-3-2-4-8-14/h5-6,9H,2-4,7-8H2,1H3. The molecular formula is C12H16ClNO2S. The average Bonchev–Trinajstić information content (AvgIpc) is 2.33. The lowest BCUT2D eigenvalue weighted by molar-refractivity contribution is 0.346. The van der Waals surface area contributed by atoms with Crippen LogP contribution in [0.3, 0.4) is 0 Å². The molecule has 0 bridgehead atoms. The molecule has 1 aliphatic rings. The van der Waals surface area contributed by atoms with Gasteiger partial charge in [-0.05, 0) is 43.5 Å². The highest BCUT2D eigenvalue weighted by Crippen LogP contribution is 2.24. The predicted octanol–water partition coefficient (Wildman–Crippen LogP) is 2.82. The topological polar surface area (TPSA) is 37.4 Å². The number of rotatable bonds is 2. The molecule has 1 saturated heterocycles. The molecule has 0 amide bonds. The van der Waals surface area contributed by atoms with Gasteiger partial charge in [0.2, 0.25) is 10.0 Å². The highest BCUT2D eigenvalue weighted by Gasteiger charge is 2.25. The van der Waals surface area contributed by atoms with Crippen LogP contribution in [0.4, 0.5) is 0 Å². The summed E-state index contributed by atoms with van der Waals surface area (Å²) in [7, 11) is -3.33. The maximum absolute atomic E-state index is 12.3. The Morgan fingerprint density at radius 1 is 1.18 bits per heavy atom. The van der Waals surface area contributed by atoms with Crippen LogP contribution >= 0.6 is 11.6 Å². The van der Waals surface area contributed by atoms with Crippen LogP contribution in [0, 0.1) is 6.92 Å². The van der Waals surface area contributed by atoms with Crippen molar-refractivity contribution in [2.45, 2.75) is 31.1 Å². The average molecular weight is 274 g/mol. The van der Waals surface area contributed by atoms with Crippen LogP contribution in [0.2, 0.25) is 5.02 Å². The van der Waals surface area contributed by atoms with Crippen LogP contribution in [0.5, 0.6) is 0 Å². The van der Waals surface area contributed by atoms with Crippen LogP contribution in [0.15, 0.2) is 23.1 Å². The van der Waals surface area contributed by atoms with Gasteiger partial charge in [0, 0.05) is 18.1 Å². The lowest BCUT2D eigenvalue weighted by Crippen LogP contribution is -2.35. The quantitative estimate of drug-likeness (QED) is 0.831. The van der Waals surface area contributed by atoms with Gasteiger partial charge in [0.1, 0.15) is 0 Å². The lowest BCUT2D eigenvalue weighted by atomic mass is 10.2. The Morgan fingerprint density at radius 3 is 2.41 bits per heavy atom. The van der Waals surface area contributed by atoms with Crippen molar-refractivity contribution in [1.29, 1.82) is 0 Å². The largest absolute Gasteiger partial charge is 0.243 e. The maximum Gasteiger partial charge on any atom is 0.243 e. The van der Waals surface area contributed by atoms with E-state index < -0.39 is 10.0 Å². The van der Waals surface area contributed by atoms with Crippen LogP contribution < -0.4 is 0 Å². The zero-order valence-corrected chi connectivity index (χ0v) is 11.4. The highest BCUT2D eigenvalue weighted by molar-refractivity contribution is 7.89. The number of piperidine rings is 1. The minimum absolute atomic E-state index is 0.348. The molecule has 0 N–H and O–H groups in total. The van der Waals surface area contributed by atoms with Crippen molar-refractivity contribution < 1.29 is 8.42 Å². The van der Waals surface area contributed by atoms with Gasteiger partial charge >= 0.3 is 0 Å². The summed E-state index contributed by atoms with van der Waals surface area (Å²) in [5.41, 5.74) is 0.796. The Labute approximate surface area is 107 Å². The second kappa shape index (κ2) is 4.96. The number of halogens is 1. The second-order valence-electron chi connectivity index (χ2n) is 4.38. The van der Waals surface area contributed by atoms with Crippen molar-refractivity contribution >= 4 is 21.6 Å².